The van der Waals surface area contributed by atoms with E-state index in [0.717, 1.165) is 11.1 Å². The van der Waals surface area contributed by atoms with Crippen molar-refractivity contribution in [2.24, 2.45) is 0 Å². The Morgan fingerprint density at radius 2 is 1.63 bits per heavy atom. The van der Waals surface area contributed by atoms with E-state index in [9.17, 15) is 9.59 Å². The largest absolute Gasteiger partial charge is 0.465 e. The summed E-state index contributed by atoms with van der Waals surface area (Å²) in [5.41, 5.74) is 2.80. The molecular weight excluding hydrogens is 244 g/mol. The van der Waals surface area contributed by atoms with E-state index < -0.39 is 6.09 Å². The number of carbonyl (C=O) groups excluding carboxylic acids is 1. The van der Waals surface area contributed by atoms with Crippen molar-refractivity contribution in [3.8, 4) is 0 Å². The lowest BCUT2D eigenvalue weighted by atomic mass is 10.0. The third kappa shape index (κ3) is 2.70. The number of piperazine rings is 1. The number of nitrogens with zero attached hydrogens (tertiary/aromatic N) is 2. The minimum Gasteiger partial charge on any atom is -0.465 e. The summed E-state index contributed by atoms with van der Waals surface area (Å²) in [6.45, 7) is 5.60. The van der Waals surface area contributed by atoms with Crippen molar-refractivity contribution in [2.75, 3.05) is 26.2 Å². The second kappa shape index (κ2) is 5.30. The fourth-order valence-corrected chi connectivity index (χ4v) is 2.25. The van der Waals surface area contributed by atoms with Crippen LogP contribution in [-0.2, 0) is 0 Å². The van der Waals surface area contributed by atoms with E-state index in [1.807, 2.05) is 32.0 Å². The Morgan fingerprint density at radius 1 is 1.05 bits per heavy atom. The Bertz CT molecular complexity index is 505. The van der Waals surface area contributed by atoms with Gasteiger partial charge in [0.1, 0.15) is 0 Å². The minimum atomic E-state index is -0.918. The summed E-state index contributed by atoms with van der Waals surface area (Å²) in [5, 5.41) is 8.88. The van der Waals surface area contributed by atoms with E-state index in [4.69, 9.17) is 5.11 Å². The molecule has 2 amide bonds. The van der Waals surface area contributed by atoms with Crippen molar-refractivity contribution >= 4 is 12.0 Å². The van der Waals surface area contributed by atoms with Gasteiger partial charge in [-0.05, 0) is 31.0 Å². The lowest BCUT2D eigenvalue weighted by Gasteiger charge is -2.33. The first kappa shape index (κ1) is 13.4. The highest BCUT2D eigenvalue weighted by molar-refractivity contribution is 5.96. The second-order valence-electron chi connectivity index (χ2n) is 4.81. The van der Waals surface area contributed by atoms with Gasteiger partial charge >= 0.3 is 6.09 Å². The third-order valence-corrected chi connectivity index (χ3v) is 3.67. The Labute approximate surface area is 112 Å². The van der Waals surface area contributed by atoms with Crippen LogP contribution >= 0.6 is 0 Å². The Balaban J connectivity index is 2.09. The summed E-state index contributed by atoms with van der Waals surface area (Å²) in [6.07, 6.45) is -0.918. The van der Waals surface area contributed by atoms with Gasteiger partial charge in [0.25, 0.3) is 5.91 Å². The molecule has 5 nitrogen and oxygen atoms in total. The highest BCUT2D eigenvalue weighted by Crippen LogP contribution is 2.16. The molecule has 0 aliphatic carbocycles. The van der Waals surface area contributed by atoms with Crippen molar-refractivity contribution in [3.63, 3.8) is 0 Å². The number of hydrogen-bond donors (Lipinski definition) is 1. The molecule has 1 aliphatic heterocycles. The Hall–Kier alpha value is -2.04. The smallest absolute Gasteiger partial charge is 0.407 e. The molecule has 0 bridgehead atoms. The van der Waals surface area contributed by atoms with E-state index in [2.05, 4.69) is 0 Å². The second-order valence-corrected chi connectivity index (χ2v) is 4.81. The van der Waals surface area contributed by atoms with Crippen molar-refractivity contribution in [3.05, 3.63) is 34.9 Å². The van der Waals surface area contributed by atoms with Gasteiger partial charge in [-0.2, -0.15) is 0 Å². The van der Waals surface area contributed by atoms with Crippen LogP contribution in [0.5, 0.6) is 0 Å². The summed E-state index contributed by atoms with van der Waals surface area (Å²) >= 11 is 0. The topological polar surface area (TPSA) is 60.9 Å². The Kier molecular flexibility index (Phi) is 3.74. The first-order valence-electron chi connectivity index (χ1n) is 6.34. The van der Waals surface area contributed by atoms with Crippen LogP contribution in [0, 0.1) is 13.8 Å². The number of rotatable bonds is 1. The van der Waals surface area contributed by atoms with Gasteiger partial charge in [0, 0.05) is 31.7 Å². The predicted molar refractivity (Wildman–Crippen MR) is 71.4 cm³/mol. The first-order valence-corrected chi connectivity index (χ1v) is 6.34. The molecule has 0 spiro atoms. The number of carbonyl (C=O) groups is 2. The third-order valence-electron chi connectivity index (χ3n) is 3.67. The molecule has 1 heterocycles. The standard InChI is InChI=1S/C14H18N2O3/c1-10-4-3-5-12(11(10)2)13(17)15-6-8-16(9-7-15)14(18)19/h3-5H,6-9H2,1-2H3,(H,18,19). The van der Waals surface area contributed by atoms with Crippen LogP contribution in [0.4, 0.5) is 4.79 Å². The van der Waals surface area contributed by atoms with Gasteiger partial charge in [-0.1, -0.05) is 12.1 Å². The summed E-state index contributed by atoms with van der Waals surface area (Å²) in [4.78, 5) is 26.3. The van der Waals surface area contributed by atoms with Crippen LogP contribution in [0.3, 0.4) is 0 Å². The van der Waals surface area contributed by atoms with Crippen molar-refractivity contribution < 1.29 is 14.7 Å². The molecule has 2 rings (SSSR count). The van der Waals surface area contributed by atoms with Gasteiger partial charge in [-0.3, -0.25) is 4.79 Å². The number of amides is 2. The van der Waals surface area contributed by atoms with E-state index in [1.165, 1.54) is 4.90 Å². The van der Waals surface area contributed by atoms with E-state index in [1.54, 1.807) is 4.90 Å². The molecule has 1 aromatic rings. The molecule has 1 fully saturated rings. The molecule has 1 saturated heterocycles. The number of benzene rings is 1. The van der Waals surface area contributed by atoms with Gasteiger partial charge in [-0.25, -0.2) is 4.79 Å². The number of carboxylic acid groups (broad SMARTS) is 1. The van der Waals surface area contributed by atoms with Crippen LogP contribution in [0.2, 0.25) is 0 Å². The fourth-order valence-electron chi connectivity index (χ4n) is 2.25. The normalized spacial score (nSPS) is 15.5. The average Bonchev–Trinajstić information content (AvgIpc) is 2.41. The van der Waals surface area contributed by atoms with Crippen LogP contribution in [0.15, 0.2) is 18.2 Å². The van der Waals surface area contributed by atoms with Gasteiger partial charge in [0.05, 0.1) is 0 Å². The van der Waals surface area contributed by atoms with Gasteiger partial charge < -0.3 is 14.9 Å². The molecular formula is C14H18N2O3. The van der Waals surface area contributed by atoms with Crippen molar-refractivity contribution in [2.45, 2.75) is 13.8 Å². The predicted octanol–water partition coefficient (Wildman–Crippen LogP) is 1.74. The zero-order valence-electron chi connectivity index (χ0n) is 11.2. The minimum absolute atomic E-state index is 0.00811. The molecule has 1 aromatic carbocycles. The van der Waals surface area contributed by atoms with E-state index in [0.29, 0.717) is 31.7 Å². The van der Waals surface area contributed by atoms with Gasteiger partial charge in [-0.15, -0.1) is 0 Å². The molecule has 0 atom stereocenters. The van der Waals surface area contributed by atoms with Crippen LogP contribution < -0.4 is 0 Å². The Morgan fingerprint density at radius 3 is 2.21 bits per heavy atom. The lowest BCUT2D eigenvalue weighted by Crippen LogP contribution is -2.50. The summed E-state index contributed by atoms with van der Waals surface area (Å²) < 4.78 is 0. The molecule has 0 radical (unpaired) electrons. The zero-order valence-corrected chi connectivity index (χ0v) is 11.2. The summed E-state index contributed by atoms with van der Waals surface area (Å²) in [5.74, 6) is -0.00811. The summed E-state index contributed by atoms with van der Waals surface area (Å²) in [6, 6.07) is 5.69. The number of hydrogen-bond acceptors (Lipinski definition) is 2. The molecule has 1 aliphatic rings. The molecule has 102 valence electrons. The van der Waals surface area contributed by atoms with E-state index >= 15 is 0 Å². The zero-order chi connectivity index (χ0) is 14.0. The summed E-state index contributed by atoms with van der Waals surface area (Å²) in [7, 11) is 0. The molecule has 1 N–H and O–H groups in total. The van der Waals surface area contributed by atoms with Crippen LogP contribution in [0.25, 0.3) is 0 Å². The average molecular weight is 262 g/mol. The van der Waals surface area contributed by atoms with Crippen LogP contribution in [-0.4, -0.2) is 53.1 Å². The van der Waals surface area contributed by atoms with Gasteiger partial charge in [0.2, 0.25) is 0 Å². The highest BCUT2D eigenvalue weighted by Gasteiger charge is 2.25. The quantitative estimate of drug-likeness (QED) is 0.838. The monoisotopic (exact) mass is 262 g/mol. The molecule has 5 heteroatoms. The lowest BCUT2D eigenvalue weighted by molar-refractivity contribution is 0.0624. The van der Waals surface area contributed by atoms with Gasteiger partial charge in [0.15, 0.2) is 0 Å². The maximum absolute atomic E-state index is 12.4. The fraction of sp³-hybridized carbons (Fsp3) is 0.429. The first-order chi connectivity index (χ1) is 9.00. The van der Waals surface area contributed by atoms with E-state index in [-0.39, 0.29) is 5.91 Å². The molecule has 0 aromatic heterocycles. The number of aryl methyl sites for hydroxylation is 1. The highest BCUT2D eigenvalue weighted by atomic mass is 16.4. The SMILES string of the molecule is Cc1cccc(C(=O)N2CCN(C(=O)O)CC2)c1C. The molecule has 0 saturated carbocycles. The van der Waals surface area contributed by atoms with Crippen molar-refractivity contribution in [1.29, 1.82) is 0 Å². The van der Waals surface area contributed by atoms with Crippen molar-refractivity contribution in [1.82, 2.24) is 9.80 Å². The maximum Gasteiger partial charge on any atom is 0.407 e. The molecule has 19 heavy (non-hydrogen) atoms. The maximum atomic E-state index is 12.4. The molecule has 0 unspecified atom stereocenters. The van der Waals surface area contributed by atoms with Crippen LogP contribution in [0.1, 0.15) is 21.5 Å².